The molecule has 164 valence electrons. The van der Waals surface area contributed by atoms with E-state index in [4.69, 9.17) is 4.52 Å². The molecule has 1 aromatic carbocycles. The van der Waals surface area contributed by atoms with Crippen LogP contribution in [0, 0.1) is 25.6 Å². The third-order valence-electron chi connectivity index (χ3n) is 5.12. The van der Waals surface area contributed by atoms with Crippen LogP contribution in [0.2, 0.25) is 0 Å². The molecule has 31 heavy (non-hydrogen) atoms. The number of sulfonamides is 1. The van der Waals surface area contributed by atoms with Crippen LogP contribution >= 0.6 is 11.3 Å². The molecule has 11 heteroatoms. The number of rotatable bonds is 5. The largest absolute Gasteiger partial charge is 0.339 e. The predicted octanol–water partition coefficient (Wildman–Crippen LogP) is 3.59. The molecule has 0 saturated carbocycles. The number of amides is 1. The molecule has 1 fully saturated rings. The molecule has 1 N–H and O–H groups in total. The topological polar surface area (TPSA) is 105 Å². The number of anilines is 1. The Morgan fingerprint density at radius 2 is 2.10 bits per heavy atom. The molecule has 8 nitrogen and oxygen atoms in total. The SMILES string of the molecule is Cc1nc(-c2cc(S(=O)(=O)N3CCC[C@@H](C(=O)Nc4ccccc4F)C3)c(C)s2)no1. The molecule has 1 saturated heterocycles. The number of aromatic nitrogens is 2. The zero-order valence-corrected chi connectivity index (χ0v) is 18.6. The molecule has 1 aliphatic rings. The Balaban J connectivity index is 1.53. The van der Waals surface area contributed by atoms with Crippen LogP contribution in [0.15, 0.2) is 39.8 Å². The Kier molecular flexibility index (Phi) is 5.91. The summed E-state index contributed by atoms with van der Waals surface area (Å²) >= 11 is 1.27. The van der Waals surface area contributed by atoms with Crippen molar-refractivity contribution in [2.24, 2.45) is 5.92 Å². The summed E-state index contributed by atoms with van der Waals surface area (Å²) in [5.74, 6) is -0.760. The summed E-state index contributed by atoms with van der Waals surface area (Å²) in [6, 6.07) is 7.43. The molecule has 0 bridgehead atoms. The highest BCUT2D eigenvalue weighted by Gasteiger charge is 2.35. The number of thiophene rings is 1. The Labute approximate surface area is 183 Å². The van der Waals surface area contributed by atoms with Crippen LogP contribution in [0.3, 0.4) is 0 Å². The Morgan fingerprint density at radius 1 is 1.32 bits per heavy atom. The summed E-state index contributed by atoms with van der Waals surface area (Å²) in [6.45, 7) is 3.74. The fraction of sp³-hybridized carbons (Fsp3) is 0.350. The first-order chi connectivity index (χ1) is 14.8. The number of benzene rings is 1. The zero-order chi connectivity index (χ0) is 22.2. The van der Waals surface area contributed by atoms with Gasteiger partial charge in [-0.3, -0.25) is 4.79 Å². The molecular weight excluding hydrogens is 443 g/mol. The van der Waals surface area contributed by atoms with Crippen LogP contribution in [0.25, 0.3) is 10.7 Å². The van der Waals surface area contributed by atoms with E-state index in [1.54, 1.807) is 26.0 Å². The molecule has 1 aliphatic heterocycles. The highest BCUT2D eigenvalue weighted by atomic mass is 32.2. The lowest BCUT2D eigenvalue weighted by Crippen LogP contribution is -2.43. The van der Waals surface area contributed by atoms with Crippen LogP contribution in [-0.4, -0.2) is 41.9 Å². The smallest absolute Gasteiger partial charge is 0.244 e. The maximum Gasteiger partial charge on any atom is 0.244 e. The molecule has 3 heterocycles. The summed E-state index contributed by atoms with van der Waals surface area (Å²) in [5, 5.41) is 6.42. The van der Waals surface area contributed by atoms with Gasteiger partial charge >= 0.3 is 0 Å². The van der Waals surface area contributed by atoms with Gasteiger partial charge in [0.1, 0.15) is 5.82 Å². The number of nitrogens with one attached hydrogen (secondary N) is 1. The standard InChI is InChI=1S/C20H21FN4O4S2/c1-12-18(10-17(30-12)19-22-13(2)29-24-19)31(27,28)25-9-5-6-14(11-25)20(26)23-16-8-4-3-7-15(16)21/h3-4,7-8,10,14H,5-6,9,11H2,1-2H3,(H,23,26)/t14-/m1/s1. The average Bonchev–Trinajstić information content (AvgIpc) is 3.35. The van der Waals surface area contributed by atoms with Crippen molar-refractivity contribution in [3.63, 3.8) is 0 Å². The van der Waals surface area contributed by atoms with E-state index in [9.17, 15) is 17.6 Å². The summed E-state index contributed by atoms with van der Waals surface area (Å²) in [4.78, 5) is 18.2. The highest BCUT2D eigenvalue weighted by molar-refractivity contribution is 7.89. The Morgan fingerprint density at radius 3 is 2.81 bits per heavy atom. The number of hydrogen-bond acceptors (Lipinski definition) is 7. The monoisotopic (exact) mass is 464 g/mol. The van der Waals surface area contributed by atoms with Crippen LogP contribution in [0.1, 0.15) is 23.6 Å². The van der Waals surface area contributed by atoms with E-state index in [1.165, 1.54) is 33.8 Å². The van der Waals surface area contributed by atoms with Crippen LogP contribution in [0.5, 0.6) is 0 Å². The highest BCUT2D eigenvalue weighted by Crippen LogP contribution is 2.35. The van der Waals surface area contributed by atoms with E-state index in [2.05, 4.69) is 15.5 Å². The third-order valence-corrected chi connectivity index (χ3v) is 8.29. The van der Waals surface area contributed by atoms with Crippen molar-refractivity contribution < 1.29 is 22.1 Å². The first-order valence-electron chi connectivity index (χ1n) is 9.72. The minimum absolute atomic E-state index is 0.0363. The average molecular weight is 465 g/mol. The van der Waals surface area contributed by atoms with Crippen molar-refractivity contribution in [2.75, 3.05) is 18.4 Å². The van der Waals surface area contributed by atoms with Crippen molar-refractivity contribution in [1.29, 1.82) is 0 Å². The van der Waals surface area contributed by atoms with E-state index in [0.29, 0.717) is 40.9 Å². The van der Waals surface area contributed by atoms with Gasteiger partial charge < -0.3 is 9.84 Å². The van der Waals surface area contributed by atoms with Crippen molar-refractivity contribution in [2.45, 2.75) is 31.6 Å². The molecule has 2 aromatic heterocycles. The first kappa shape index (κ1) is 21.6. The molecular formula is C20H21FN4O4S2. The molecule has 3 aromatic rings. The van der Waals surface area contributed by atoms with Gasteiger partial charge in [-0.25, -0.2) is 12.8 Å². The number of hydrogen-bond donors (Lipinski definition) is 1. The number of aryl methyl sites for hydroxylation is 2. The fourth-order valence-corrected chi connectivity index (χ4v) is 6.55. The second-order valence-corrected chi connectivity index (χ2v) is 10.5. The van der Waals surface area contributed by atoms with Crippen LogP contribution < -0.4 is 5.32 Å². The van der Waals surface area contributed by atoms with Crippen molar-refractivity contribution in [1.82, 2.24) is 14.4 Å². The van der Waals surface area contributed by atoms with Gasteiger partial charge in [0.25, 0.3) is 0 Å². The zero-order valence-electron chi connectivity index (χ0n) is 17.0. The number of halogens is 1. The Hall–Kier alpha value is -2.63. The fourth-order valence-electron chi connectivity index (χ4n) is 3.54. The summed E-state index contributed by atoms with van der Waals surface area (Å²) in [6.07, 6.45) is 1.07. The first-order valence-corrected chi connectivity index (χ1v) is 12.0. The summed E-state index contributed by atoms with van der Waals surface area (Å²) in [7, 11) is -3.82. The quantitative estimate of drug-likeness (QED) is 0.619. The number of para-hydroxylation sites is 1. The van der Waals surface area contributed by atoms with E-state index in [1.807, 2.05) is 0 Å². The van der Waals surface area contributed by atoms with Crippen molar-refractivity contribution in [3.8, 4) is 10.7 Å². The molecule has 1 atom stereocenters. The molecule has 0 aliphatic carbocycles. The van der Waals surface area contributed by atoms with Gasteiger partial charge in [0.2, 0.25) is 27.6 Å². The van der Waals surface area contributed by atoms with Gasteiger partial charge in [-0.05, 0) is 38.0 Å². The predicted molar refractivity (Wildman–Crippen MR) is 114 cm³/mol. The second-order valence-electron chi connectivity index (χ2n) is 7.34. The van der Waals surface area contributed by atoms with Crippen molar-refractivity contribution >= 4 is 33.0 Å². The molecule has 1 amide bonds. The van der Waals surface area contributed by atoms with Crippen LogP contribution in [-0.2, 0) is 14.8 Å². The summed E-state index contributed by atoms with van der Waals surface area (Å²) < 4.78 is 46.8. The number of piperidine rings is 1. The number of nitrogens with zero attached hydrogens (tertiary/aromatic N) is 3. The van der Waals surface area contributed by atoms with Crippen molar-refractivity contribution in [3.05, 3.63) is 46.9 Å². The van der Waals surface area contributed by atoms with E-state index >= 15 is 0 Å². The second kappa shape index (κ2) is 8.48. The lowest BCUT2D eigenvalue weighted by molar-refractivity contribution is -0.120. The normalized spacial score (nSPS) is 17.6. The van der Waals surface area contributed by atoms with Gasteiger partial charge in [0.05, 0.1) is 21.4 Å². The van der Waals surface area contributed by atoms with Gasteiger partial charge in [-0.1, -0.05) is 17.3 Å². The number of carbonyl (C=O) groups excluding carboxylic acids is 1. The van der Waals surface area contributed by atoms with Gasteiger partial charge in [0, 0.05) is 24.9 Å². The van der Waals surface area contributed by atoms with Crippen LogP contribution in [0.4, 0.5) is 10.1 Å². The summed E-state index contributed by atoms with van der Waals surface area (Å²) in [5.41, 5.74) is 0.0845. The van der Waals surface area contributed by atoms with Gasteiger partial charge in [0.15, 0.2) is 0 Å². The number of carbonyl (C=O) groups is 1. The minimum Gasteiger partial charge on any atom is -0.339 e. The maximum atomic E-state index is 13.9. The van der Waals surface area contributed by atoms with Gasteiger partial charge in [-0.15, -0.1) is 11.3 Å². The lowest BCUT2D eigenvalue weighted by atomic mass is 9.98. The third kappa shape index (κ3) is 4.39. The van der Waals surface area contributed by atoms with E-state index in [-0.39, 0.29) is 17.1 Å². The maximum absolute atomic E-state index is 13.9. The molecule has 0 unspecified atom stereocenters. The van der Waals surface area contributed by atoms with Gasteiger partial charge in [-0.2, -0.15) is 9.29 Å². The Bertz CT molecular complexity index is 1220. The van der Waals surface area contributed by atoms with E-state index < -0.39 is 27.7 Å². The van der Waals surface area contributed by atoms with E-state index in [0.717, 1.165) is 0 Å². The molecule has 0 radical (unpaired) electrons. The molecule has 0 spiro atoms. The minimum atomic E-state index is -3.82. The lowest BCUT2D eigenvalue weighted by Gasteiger charge is -2.31. The molecule has 4 rings (SSSR count).